The molecule has 1 unspecified atom stereocenters. The predicted octanol–water partition coefficient (Wildman–Crippen LogP) is 2.03. The fourth-order valence-corrected chi connectivity index (χ4v) is 3.33. The molecule has 0 aliphatic heterocycles. The molecule has 4 nitrogen and oxygen atoms in total. The molecular formula is C13H20N2O2S2. The molecule has 0 fully saturated rings. The van der Waals surface area contributed by atoms with E-state index in [4.69, 9.17) is 18.0 Å². The highest BCUT2D eigenvalue weighted by atomic mass is 32.2. The minimum Gasteiger partial charge on any atom is -0.389 e. The molecule has 0 spiro atoms. The van der Waals surface area contributed by atoms with Crippen LogP contribution in [0.15, 0.2) is 29.2 Å². The zero-order chi connectivity index (χ0) is 14.6. The molecule has 0 aromatic heterocycles. The minimum absolute atomic E-state index is 0.113. The second-order valence-electron chi connectivity index (χ2n) is 5.04. The summed E-state index contributed by atoms with van der Waals surface area (Å²) in [5.74, 6) is 0.431. The number of sulfonamides is 1. The first-order valence-corrected chi connectivity index (χ1v) is 8.03. The fourth-order valence-electron chi connectivity index (χ4n) is 1.90. The Kier molecular flexibility index (Phi) is 5.46. The van der Waals surface area contributed by atoms with Crippen LogP contribution in [0.25, 0.3) is 0 Å². The van der Waals surface area contributed by atoms with Gasteiger partial charge in [0.15, 0.2) is 0 Å². The van der Waals surface area contributed by atoms with Crippen LogP contribution >= 0.6 is 12.2 Å². The van der Waals surface area contributed by atoms with Crippen LogP contribution in [-0.4, -0.2) is 19.4 Å². The monoisotopic (exact) mass is 300 g/mol. The van der Waals surface area contributed by atoms with E-state index in [2.05, 4.69) is 18.6 Å². The summed E-state index contributed by atoms with van der Waals surface area (Å²) in [5, 5.41) is 0. The van der Waals surface area contributed by atoms with Gasteiger partial charge in [-0.1, -0.05) is 38.2 Å². The molecular weight excluding hydrogens is 280 g/mol. The van der Waals surface area contributed by atoms with E-state index in [-0.39, 0.29) is 15.9 Å². The Morgan fingerprint density at radius 2 is 2.00 bits per heavy atom. The molecule has 0 amide bonds. The lowest BCUT2D eigenvalue weighted by Crippen LogP contribution is -2.33. The van der Waals surface area contributed by atoms with Crippen molar-refractivity contribution in [3.8, 4) is 0 Å². The Morgan fingerprint density at radius 3 is 2.53 bits per heavy atom. The second kappa shape index (κ2) is 6.45. The number of nitrogens with one attached hydrogen (secondary N) is 1. The van der Waals surface area contributed by atoms with E-state index in [9.17, 15) is 8.42 Å². The number of rotatable bonds is 6. The summed E-state index contributed by atoms with van der Waals surface area (Å²) in [6.45, 7) is 5.96. The van der Waals surface area contributed by atoms with Crippen molar-refractivity contribution in [2.45, 2.75) is 38.1 Å². The van der Waals surface area contributed by atoms with Crippen LogP contribution in [0.4, 0.5) is 0 Å². The zero-order valence-electron chi connectivity index (χ0n) is 11.4. The van der Waals surface area contributed by atoms with Crippen molar-refractivity contribution in [1.82, 2.24) is 4.72 Å². The highest BCUT2D eigenvalue weighted by Gasteiger charge is 2.18. The van der Waals surface area contributed by atoms with Crippen LogP contribution in [0, 0.1) is 5.92 Å². The van der Waals surface area contributed by atoms with Crippen molar-refractivity contribution in [3.63, 3.8) is 0 Å². The molecule has 1 aromatic carbocycles. The molecule has 0 radical (unpaired) electrons. The Bertz CT molecular complexity index is 554. The number of thiocarbonyl (C=S) groups is 1. The average molecular weight is 300 g/mol. The fraction of sp³-hybridized carbons (Fsp3) is 0.462. The number of nitrogens with two attached hydrogens (primary N) is 1. The van der Waals surface area contributed by atoms with E-state index in [1.165, 1.54) is 12.1 Å². The van der Waals surface area contributed by atoms with E-state index in [1.807, 2.05) is 6.92 Å². The molecule has 1 aromatic rings. The van der Waals surface area contributed by atoms with Crippen molar-refractivity contribution >= 4 is 27.2 Å². The van der Waals surface area contributed by atoms with Gasteiger partial charge in [0.25, 0.3) is 0 Å². The summed E-state index contributed by atoms with van der Waals surface area (Å²) in [6.07, 6.45) is 0.786. The van der Waals surface area contributed by atoms with Crippen LogP contribution in [0.5, 0.6) is 0 Å². The lowest BCUT2D eigenvalue weighted by molar-refractivity contribution is 0.482. The van der Waals surface area contributed by atoms with Gasteiger partial charge in [-0.2, -0.15) is 0 Å². The van der Waals surface area contributed by atoms with Crippen molar-refractivity contribution in [2.24, 2.45) is 11.7 Å². The molecule has 106 valence electrons. The summed E-state index contributed by atoms with van der Waals surface area (Å²) in [6, 6.07) is 6.24. The molecule has 3 N–H and O–H groups in total. The molecule has 1 rings (SSSR count). The number of hydrogen-bond acceptors (Lipinski definition) is 3. The normalized spacial score (nSPS) is 13.5. The summed E-state index contributed by atoms with van der Waals surface area (Å²) in [4.78, 5) is 0.376. The first-order valence-electron chi connectivity index (χ1n) is 6.14. The summed E-state index contributed by atoms with van der Waals surface area (Å²) in [7, 11) is -3.53. The maximum Gasteiger partial charge on any atom is 0.240 e. The lowest BCUT2D eigenvalue weighted by atomic mass is 10.1. The van der Waals surface area contributed by atoms with Crippen LogP contribution in [0.1, 0.15) is 32.8 Å². The van der Waals surface area contributed by atoms with Crippen LogP contribution in [-0.2, 0) is 10.0 Å². The van der Waals surface area contributed by atoms with Gasteiger partial charge in [0.2, 0.25) is 10.0 Å². The molecule has 0 aliphatic carbocycles. The maximum atomic E-state index is 12.2. The van der Waals surface area contributed by atoms with Crippen molar-refractivity contribution in [1.29, 1.82) is 0 Å². The standard InChI is InChI=1S/C13H20N2O2S2/c1-9(2)7-10(3)15-19(16,17)12-6-4-5-11(8-12)13(14)18/h4-6,8-10,15H,7H2,1-3H3,(H2,14,18). The van der Waals surface area contributed by atoms with Crippen molar-refractivity contribution < 1.29 is 8.42 Å². The third kappa shape index (κ3) is 4.89. The summed E-state index contributed by atoms with van der Waals surface area (Å²) in [5.41, 5.74) is 6.06. The third-order valence-corrected chi connectivity index (χ3v) is 4.43. The van der Waals surface area contributed by atoms with Gasteiger partial charge in [0.1, 0.15) is 4.99 Å². The molecule has 0 bridgehead atoms. The highest BCUT2D eigenvalue weighted by Crippen LogP contribution is 2.13. The molecule has 0 saturated carbocycles. The van der Waals surface area contributed by atoms with Gasteiger partial charge in [-0.25, -0.2) is 13.1 Å². The van der Waals surface area contributed by atoms with E-state index in [1.54, 1.807) is 12.1 Å². The van der Waals surface area contributed by atoms with Gasteiger partial charge in [-0.05, 0) is 31.4 Å². The molecule has 0 aliphatic rings. The first kappa shape index (κ1) is 16.1. The Labute approximate surface area is 120 Å². The largest absolute Gasteiger partial charge is 0.389 e. The van der Waals surface area contributed by atoms with E-state index >= 15 is 0 Å². The number of hydrogen-bond donors (Lipinski definition) is 2. The SMILES string of the molecule is CC(C)CC(C)NS(=O)(=O)c1cccc(C(N)=S)c1. The summed E-state index contributed by atoms with van der Waals surface area (Å²) < 4.78 is 27.1. The molecule has 19 heavy (non-hydrogen) atoms. The van der Waals surface area contributed by atoms with Gasteiger partial charge in [0, 0.05) is 11.6 Å². The lowest BCUT2D eigenvalue weighted by Gasteiger charge is -2.16. The maximum absolute atomic E-state index is 12.2. The minimum atomic E-state index is -3.53. The zero-order valence-corrected chi connectivity index (χ0v) is 13.0. The molecule has 0 heterocycles. The van der Waals surface area contributed by atoms with E-state index in [0.29, 0.717) is 11.5 Å². The quantitative estimate of drug-likeness (QED) is 0.789. The first-order chi connectivity index (χ1) is 8.72. The van der Waals surface area contributed by atoms with Crippen LogP contribution in [0.2, 0.25) is 0 Å². The van der Waals surface area contributed by atoms with Crippen LogP contribution in [0.3, 0.4) is 0 Å². The van der Waals surface area contributed by atoms with E-state index in [0.717, 1.165) is 6.42 Å². The van der Waals surface area contributed by atoms with Gasteiger partial charge in [-0.3, -0.25) is 0 Å². The Morgan fingerprint density at radius 1 is 1.37 bits per heavy atom. The molecule has 0 saturated heterocycles. The topological polar surface area (TPSA) is 72.2 Å². The van der Waals surface area contributed by atoms with E-state index < -0.39 is 10.0 Å². The van der Waals surface area contributed by atoms with Gasteiger partial charge in [0.05, 0.1) is 4.90 Å². The van der Waals surface area contributed by atoms with Crippen LogP contribution < -0.4 is 10.5 Å². The predicted molar refractivity (Wildman–Crippen MR) is 81.6 cm³/mol. The highest BCUT2D eigenvalue weighted by molar-refractivity contribution is 7.89. The Balaban J connectivity index is 2.94. The van der Waals surface area contributed by atoms with Crippen molar-refractivity contribution in [2.75, 3.05) is 0 Å². The summed E-state index contributed by atoms with van der Waals surface area (Å²) >= 11 is 4.85. The average Bonchev–Trinajstić information content (AvgIpc) is 2.27. The Hall–Kier alpha value is -0.980. The second-order valence-corrected chi connectivity index (χ2v) is 7.20. The molecule has 1 atom stereocenters. The van der Waals surface area contributed by atoms with Gasteiger partial charge in [-0.15, -0.1) is 0 Å². The number of benzene rings is 1. The van der Waals surface area contributed by atoms with Gasteiger partial charge >= 0.3 is 0 Å². The van der Waals surface area contributed by atoms with Gasteiger partial charge < -0.3 is 5.73 Å². The smallest absolute Gasteiger partial charge is 0.240 e. The van der Waals surface area contributed by atoms with Crippen molar-refractivity contribution in [3.05, 3.63) is 29.8 Å². The molecule has 6 heteroatoms. The third-order valence-electron chi connectivity index (χ3n) is 2.61.